The summed E-state index contributed by atoms with van der Waals surface area (Å²) in [6, 6.07) is 0. The number of ether oxygens (including phenoxy) is 1. The van der Waals surface area contributed by atoms with Gasteiger partial charge in [-0.15, -0.1) is 0 Å². The van der Waals surface area contributed by atoms with Gasteiger partial charge in [-0.1, -0.05) is 13.8 Å². The highest BCUT2D eigenvalue weighted by Crippen LogP contribution is 2.39. The standard InChI is InChI=1S/C18H28N4O2/c1-13(2)5-6-15(23)22-8-7-18(11-22)12-24-10-14-9-19-17(21(3)4)20-16(14)18/h9,13H,5-8,10-12H2,1-4H3/t18-/m1/s1. The van der Waals surface area contributed by atoms with Gasteiger partial charge in [0.25, 0.3) is 0 Å². The number of hydrogen-bond acceptors (Lipinski definition) is 5. The molecule has 0 saturated carbocycles. The zero-order valence-electron chi connectivity index (χ0n) is 15.2. The van der Waals surface area contributed by atoms with E-state index in [1.54, 1.807) is 0 Å². The molecule has 1 spiro atoms. The number of nitrogens with zero attached hydrogens (tertiary/aromatic N) is 4. The van der Waals surface area contributed by atoms with Crippen molar-refractivity contribution in [2.75, 3.05) is 38.7 Å². The summed E-state index contributed by atoms with van der Waals surface area (Å²) in [7, 11) is 3.90. The Balaban J connectivity index is 1.81. The average Bonchev–Trinajstić information content (AvgIpc) is 2.97. The van der Waals surface area contributed by atoms with Gasteiger partial charge in [-0.3, -0.25) is 4.79 Å². The third-order valence-corrected chi connectivity index (χ3v) is 5.03. The first-order valence-electron chi connectivity index (χ1n) is 8.80. The van der Waals surface area contributed by atoms with Gasteiger partial charge in [-0.05, 0) is 18.8 Å². The van der Waals surface area contributed by atoms with Crippen LogP contribution in [0.3, 0.4) is 0 Å². The smallest absolute Gasteiger partial charge is 0.225 e. The molecule has 0 bridgehead atoms. The molecular formula is C18H28N4O2. The van der Waals surface area contributed by atoms with E-state index < -0.39 is 0 Å². The number of fused-ring (bicyclic) bond motifs is 2. The predicted octanol–water partition coefficient (Wildman–Crippen LogP) is 1.98. The Morgan fingerprint density at radius 1 is 1.46 bits per heavy atom. The molecule has 132 valence electrons. The Bertz CT molecular complexity index is 617. The summed E-state index contributed by atoms with van der Waals surface area (Å²) in [6.45, 7) is 7.01. The second kappa shape index (κ2) is 6.67. The minimum absolute atomic E-state index is 0.172. The molecule has 1 fully saturated rings. The van der Waals surface area contributed by atoms with E-state index in [4.69, 9.17) is 9.72 Å². The Kier molecular flexibility index (Phi) is 4.76. The molecule has 2 aliphatic heterocycles. The van der Waals surface area contributed by atoms with Crippen LogP contribution in [0.1, 0.15) is 44.4 Å². The maximum Gasteiger partial charge on any atom is 0.225 e. The van der Waals surface area contributed by atoms with E-state index in [1.807, 2.05) is 30.1 Å². The number of aromatic nitrogens is 2. The minimum Gasteiger partial charge on any atom is -0.376 e. The van der Waals surface area contributed by atoms with Gasteiger partial charge in [-0.25, -0.2) is 9.97 Å². The van der Waals surface area contributed by atoms with Crippen molar-refractivity contribution in [1.82, 2.24) is 14.9 Å². The lowest BCUT2D eigenvalue weighted by molar-refractivity contribution is -0.130. The summed E-state index contributed by atoms with van der Waals surface area (Å²) in [5.41, 5.74) is 1.96. The summed E-state index contributed by atoms with van der Waals surface area (Å²) in [5, 5.41) is 0. The Labute approximate surface area is 144 Å². The van der Waals surface area contributed by atoms with E-state index >= 15 is 0 Å². The summed E-state index contributed by atoms with van der Waals surface area (Å²) >= 11 is 0. The molecule has 1 amide bonds. The number of rotatable bonds is 4. The van der Waals surface area contributed by atoms with Gasteiger partial charge in [0.15, 0.2) is 0 Å². The number of amides is 1. The monoisotopic (exact) mass is 332 g/mol. The van der Waals surface area contributed by atoms with Crippen LogP contribution in [-0.2, 0) is 21.6 Å². The third kappa shape index (κ3) is 3.24. The molecule has 0 N–H and O–H groups in total. The lowest BCUT2D eigenvalue weighted by Crippen LogP contribution is -2.42. The van der Waals surface area contributed by atoms with Gasteiger partial charge in [0.05, 0.1) is 24.3 Å². The molecule has 3 heterocycles. The second-order valence-corrected chi connectivity index (χ2v) is 7.71. The topological polar surface area (TPSA) is 58.6 Å². The first-order chi connectivity index (χ1) is 11.4. The van der Waals surface area contributed by atoms with E-state index in [1.165, 1.54) is 0 Å². The lowest BCUT2D eigenvalue weighted by atomic mass is 9.80. The maximum absolute atomic E-state index is 12.5. The van der Waals surface area contributed by atoms with Crippen molar-refractivity contribution in [2.45, 2.75) is 45.1 Å². The van der Waals surface area contributed by atoms with Crippen molar-refractivity contribution < 1.29 is 9.53 Å². The van der Waals surface area contributed by atoms with Crippen molar-refractivity contribution in [1.29, 1.82) is 0 Å². The maximum atomic E-state index is 12.5. The van der Waals surface area contributed by atoms with E-state index in [2.05, 4.69) is 18.8 Å². The van der Waals surface area contributed by atoms with Crippen LogP contribution in [0.2, 0.25) is 0 Å². The number of likely N-dealkylation sites (tertiary alicyclic amines) is 1. The van der Waals surface area contributed by atoms with Crippen LogP contribution in [0.4, 0.5) is 5.95 Å². The Hall–Kier alpha value is -1.69. The molecule has 0 radical (unpaired) electrons. The summed E-state index contributed by atoms with van der Waals surface area (Å²) < 4.78 is 5.83. The highest BCUT2D eigenvalue weighted by Gasteiger charge is 2.46. The summed E-state index contributed by atoms with van der Waals surface area (Å²) in [4.78, 5) is 25.6. The van der Waals surface area contributed by atoms with Crippen molar-refractivity contribution in [2.24, 2.45) is 5.92 Å². The van der Waals surface area contributed by atoms with Crippen LogP contribution in [0.25, 0.3) is 0 Å². The van der Waals surface area contributed by atoms with Gasteiger partial charge in [0.2, 0.25) is 11.9 Å². The molecular weight excluding hydrogens is 304 g/mol. The number of hydrogen-bond donors (Lipinski definition) is 0. The molecule has 1 aromatic heterocycles. The molecule has 1 saturated heterocycles. The molecule has 6 nitrogen and oxygen atoms in total. The van der Waals surface area contributed by atoms with E-state index in [-0.39, 0.29) is 11.3 Å². The van der Waals surface area contributed by atoms with Crippen molar-refractivity contribution in [3.05, 3.63) is 17.5 Å². The van der Waals surface area contributed by atoms with Gasteiger partial charge in [0, 0.05) is 45.4 Å². The Morgan fingerprint density at radius 3 is 2.96 bits per heavy atom. The van der Waals surface area contributed by atoms with E-state index in [9.17, 15) is 4.79 Å². The van der Waals surface area contributed by atoms with Crippen LogP contribution < -0.4 is 4.90 Å². The number of carbonyl (C=O) groups is 1. The molecule has 0 unspecified atom stereocenters. The van der Waals surface area contributed by atoms with Crippen LogP contribution in [0.5, 0.6) is 0 Å². The molecule has 6 heteroatoms. The van der Waals surface area contributed by atoms with Gasteiger partial charge < -0.3 is 14.5 Å². The minimum atomic E-state index is -0.172. The fraction of sp³-hybridized carbons (Fsp3) is 0.722. The zero-order chi connectivity index (χ0) is 17.3. The predicted molar refractivity (Wildman–Crippen MR) is 93.0 cm³/mol. The average molecular weight is 332 g/mol. The molecule has 0 aromatic carbocycles. The lowest BCUT2D eigenvalue weighted by Gasteiger charge is -2.34. The van der Waals surface area contributed by atoms with Gasteiger partial charge in [-0.2, -0.15) is 0 Å². The number of anilines is 1. The normalized spacial score (nSPS) is 23.0. The van der Waals surface area contributed by atoms with Crippen LogP contribution in [0, 0.1) is 5.92 Å². The largest absolute Gasteiger partial charge is 0.376 e. The molecule has 3 rings (SSSR count). The molecule has 1 atom stereocenters. The third-order valence-electron chi connectivity index (χ3n) is 5.03. The molecule has 1 aromatic rings. The van der Waals surface area contributed by atoms with Gasteiger partial charge >= 0.3 is 0 Å². The first-order valence-corrected chi connectivity index (χ1v) is 8.80. The number of carbonyl (C=O) groups excluding carboxylic acids is 1. The van der Waals surface area contributed by atoms with Crippen molar-refractivity contribution in [3.8, 4) is 0 Å². The zero-order valence-corrected chi connectivity index (χ0v) is 15.2. The fourth-order valence-electron chi connectivity index (χ4n) is 3.57. The fourth-order valence-corrected chi connectivity index (χ4v) is 3.57. The van der Waals surface area contributed by atoms with Crippen LogP contribution in [0.15, 0.2) is 6.20 Å². The van der Waals surface area contributed by atoms with Crippen molar-refractivity contribution >= 4 is 11.9 Å². The highest BCUT2D eigenvalue weighted by atomic mass is 16.5. The quantitative estimate of drug-likeness (QED) is 0.844. The molecule has 0 aliphatic carbocycles. The first kappa shape index (κ1) is 17.1. The Morgan fingerprint density at radius 2 is 2.25 bits per heavy atom. The molecule has 24 heavy (non-hydrogen) atoms. The SMILES string of the molecule is CC(C)CCC(=O)N1CC[C@]2(COCc3cnc(N(C)C)nc32)C1. The van der Waals surface area contributed by atoms with Gasteiger partial charge in [0.1, 0.15) is 0 Å². The highest BCUT2D eigenvalue weighted by molar-refractivity contribution is 5.76. The summed E-state index contributed by atoms with van der Waals surface area (Å²) in [5.74, 6) is 1.54. The summed E-state index contributed by atoms with van der Waals surface area (Å²) in [6.07, 6.45) is 4.37. The van der Waals surface area contributed by atoms with Crippen molar-refractivity contribution in [3.63, 3.8) is 0 Å². The second-order valence-electron chi connectivity index (χ2n) is 7.71. The van der Waals surface area contributed by atoms with E-state index in [0.717, 1.165) is 36.6 Å². The molecule has 2 aliphatic rings. The van der Waals surface area contributed by atoms with Crippen LogP contribution in [-0.4, -0.2) is 54.6 Å². The van der Waals surface area contributed by atoms with E-state index in [0.29, 0.717) is 32.1 Å². The van der Waals surface area contributed by atoms with Crippen LogP contribution >= 0.6 is 0 Å².